The van der Waals surface area contributed by atoms with E-state index >= 15 is 0 Å². The van der Waals surface area contributed by atoms with Gasteiger partial charge in [0.25, 0.3) is 0 Å². The Bertz CT molecular complexity index is 782. The molecule has 0 aliphatic heterocycles. The maximum Gasteiger partial charge on any atom is 0.165 e. The van der Waals surface area contributed by atoms with Crippen molar-refractivity contribution in [1.82, 2.24) is 20.3 Å². The zero-order chi connectivity index (χ0) is 14.1. The Morgan fingerprint density at radius 3 is 2.80 bits per heavy atom. The van der Waals surface area contributed by atoms with Crippen LogP contribution >= 0.6 is 0 Å². The fraction of sp³-hybridized carbons (Fsp3) is 0.267. The lowest BCUT2D eigenvalue weighted by atomic mass is 10.1. The van der Waals surface area contributed by atoms with Crippen molar-refractivity contribution in [3.8, 4) is 0 Å². The van der Waals surface area contributed by atoms with Gasteiger partial charge in [-0.15, -0.1) is 0 Å². The minimum Gasteiger partial charge on any atom is -0.383 e. The second-order valence-electron chi connectivity index (χ2n) is 4.76. The van der Waals surface area contributed by atoms with Gasteiger partial charge >= 0.3 is 0 Å². The van der Waals surface area contributed by atoms with E-state index in [-0.39, 0.29) is 0 Å². The highest BCUT2D eigenvalue weighted by Gasteiger charge is 2.09. The maximum absolute atomic E-state index is 6.03. The average Bonchev–Trinajstić information content (AvgIpc) is 2.45. The summed E-state index contributed by atoms with van der Waals surface area (Å²) in [6.07, 6.45) is 0.944. The number of anilines is 1. The van der Waals surface area contributed by atoms with Crippen LogP contribution in [0.5, 0.6) is 0 Å². The summed E-state index contributed by atoms with van der Waals surface area (Å²) in [6, 6.07) is 8.21. The fourth-order valence-corrected chi connectivity index (χ4v) is 2.39. The van der Waals surface area contributed by atoms with Crippen LogP contribution in [0, 0.1) is 0 Å². The third-order valence-electron chi connectivity index (χ3n) is 3.39. The number of aromatic nitrogens is 3. The highest BCUT2D eigenvalue weighted by atomic mass is 15.0. The van der Waals surface area contributed by atoms with Crippen LogP contribution in [0.4, 0.5) is 5.82 Å². The monoisotopic (exact) mass is 267 g/mol. The third-order valence-corrected chi connectivity index (χ3v) is 3.39. The summed E-state index contributed by atoms with van der Waals surface area (Å²) in [5, 5.41) is 4.92. The molecule has 0 radical (unpaired) electrons. The second-order valence-corrected chi connectivity index (χ2v) is 4.76. The molecule has 3 N–H and O–H groups in total. The molecular formula is C15H17N5. The Kier molecular flexibility index (Phi) is 3.20. The number of nitrogens with two attached hydrogens (primary N) is 1. The van der Waals surface area contributed by atoms with Crippen molar-refractivity contribution in [2.75, 3.05) is 12.8 Å². The molecule has 5 nitrogen and oxygen atoms in total. The van der Waals surface area contributed by atoms with Gasteiger partial charge < -0.3 is 11.1 Å². The van der Waals surface area contributed by atoms with Gasteiger partial charge in [0.1, 0.15) is 11.6 Å². The van der Waals surface area contributed by atoms with Crippen molar-refractivity contribution in [3.63, 3.8) is 0 Å². The van der Waals surface area contributed by atoms with Gasteiger partial charge in [-0.2, -0.15) is 0 Å². The number of hydrogen-bond acceptors (Lipinski definition) is 5. The molecule has 0 aliphatic carbocycles. The van der Waals surface area contributed by atoms with Crippen LogP contribution in [0.15, 0.2) is 24.3 Å². The van der Waals surface area contributed by atoms with E-state index in [0.29, 0.717) is 23.8 Å². The SMILES string of the molecule is CCc1cccc2cc3c(N)nc(CNC)nc3nc12. The highest BCUT2D eigenvalue weighted by molar-refractivity contribution is 5.96. The lowest BCUT2D eigenvalue weighted by molar-refractivity contribution is 0.764. The summed E-state index contributed by atoms with van der Waals surface area (Å²) >= 11 is 0. The zero-order valence-electron chi connectivity index (χ0n) is 11.6. The van der Waals surface area contributed by atoms with E-state index in [2.05, 4.69) is 28.3 Å². The predicted octanol–water partition coefficient (Wildman–Crippen LogP) is 2.04. The minimum atomic E-state index is 0.483. The van der Waals surface area contributed by atoms with Crippen LogP contribution in [-0.4, -0.2) is 22.0 Å². The quantitative estimate of drug-likeness (QED) is 0.710. The molecule has 0 aliphatic rings. The molecule has 0 spiro atoms. The first-order valence-corrected chi connectivity index (χ1v) is 6.72. The Labute approximate surface area is 117 Å². The average molecular weight is 267 g/mol. The predicted molar refractivity (Wildman–Crippen MR) is 81.4 cm³/mol. The fourth-order valence-electron chi connectivity index (χ4n) is 2.39. The smallest absolute Gasteiger partial charge is 0.165 e. The molecule has 1 aromatic carbocycles. The summed E-state index contributed by atoms with van der Waals surface area (Å²) in [4.78, 5) is 13.5. The van der Waals surface area contributed by atoms with E-state index in [9.17, 15) is 0 Å². The molecule has 5 heteroatoms. The van der Waals surface area contributed by atoms with Gasteiger partial charge in [0.15, 0.2) is 5.65 Å². The Morgan fingerprint density at radius 2 is 2.05 bits per heavy atom. The molecule has 3 aromatic rings. The van der Waals surface area contributed by atoms with Gasteiger partial charge in [-0.1, -0.05) is 25.1 Å². The highest BCUT2D eigenvalue weighted by Crippen LogP contribution is 2.24. The summed E-state index contributed by atoms with van der Waals surface area (Å²) in [7, 11) is 1.85. The molecule has 0 saturated heterocycles. The van der Waals surface area contributed by atoms with Gasteiger partial charge in [0.2, 0.25) is 0 Å². The first-order chi connectivity index (χ1) is 9.72. The summed E-state index contributed by atoms with van der Waals surface area (Å²) in [6.45, 7) is 2.71. The Morgan fingerprint density at radius 1 is 1.20 bits per heavy atom. The molecule has 2 heterocycles. The van der Waals surface area contributed by atoms with E-state index in [1.165, 1.54) is 5.56 Å². The van der Waals surface area contributed by atoms with E-state index in [1.54, 1.807) is 0 Å². The molecule has 2 aromatic heterocycles. The van der Waals surface area contributed by atoms with Gasteiger partial charge in [0, 0.05) is 5.39 Å². The van der Waals surface area contributed by atoms with Crippen LogP contribution in [0.3, 0.4) is 0 Å². The summed E-state index contributed by atoms with van der Waals surface area (Å²) < 4.78 is 0. The molecule has 3 rings (SSSR count). The van der Waals surface area contributed by atoms with Crippen LogP contribution in [0.25, 0.3) is 21.9 Å². The van der Waals surface area contributed by atoms with Gasteiger partial charge in [-0.3, -0.25) is 0 Å². The number of para-hydroxylation sites is 1. The second kappa shape index (κ2) is 5.02. The number of pyridine rings is 1. The molecule has 0 saturated carbocycles. The third kappa shape index (κ3) is 2.06. The first kappa shape index (κ1) is 12.7. The standard InChI is InChI=1S/C15H17N5/c1-3-9-5-4-6-10-7-11-14(16)18-12(8-17-2)19-15(11)20-13(9)10/h4-7,17H,3,8H2,1-2H3,(H2,16,18,19,20). The van der Waals surface area contributed by atoms with Gasteiger partial charge in [-0.25, -0.2) is 15.0 Å². The molecule has 0 atom stereocenters. The van der Waals surface area contributed by atoms with Crippen molar-refractivity contribution in [2.24, 2.45) is 0 Å². The maximum atomic E-state index is 6.03. The Balaban J connectivity index is 2.33. The first-order valence-electron chi connectivity index (χ1n) is 6.72. The van der Waals surface area contributed by atoms with Crippen molar-refractivity contribution in [1.29, 1.82) is 0 Å². The molecule has 0 unspecified atom stereocenters. The number of rotatable bonds is 3. The minimum absolute atomic E-state index is 0.483. The van der Waals surface area contributed by atoms with Crippen molar-refractivity contribution >= 4 is 27.8 Å². The number of benzene rings is 1. The van der Waals surface area contributed by atoms with Crippen molar-refractivity contribution in [2.45, 2.75) is 19.9 Å². The summed E-state index contributed by atoms with van der Waals surface area (Å²) in [5.41, 5.74) is 8.91. The molecule has 0 amide bonds. The van der Waals surface area contributed by atoms with Crippen molar-refractivity contribution < 1.29 is 0 Å². The lowest BCUT2D eigenvalue weighted by Crippen LogP contribution is -2.11. The normalized spacial score (nSPS) is 11.3. The number of nitrogen functional groups attached to an aromatic ring is 1. The number of aryl methyl sites for hydroxylation is 1. The summed E-state index contributed by atoms with van der Waals surface area (Å²) in [5.74, 6) is 1.15. The molecule has 20 heavy (non-hydrogen) atoms. The number of fused-ring (bicyclic) bond motifs is 2. The van der Waals surface area contributed by atoms with Crippen LogP contribution in [0.2, 0.25) is 0 Å². The van der Waals surface area contributed by atoms with Crippen LogP contribution in [-0.2, 0) is 13.0 Å². The molecule has 0 fully saturated rings. The molecule has 102 valence electrons. The Hall–Kier alpha value is -2.27. The lowest BCUT2D eigenvalue weighted by Gasteiger charge is -2.08. The van der Waals surface area contributed by atoms with E-state index in [1.807, 2.05) is 25.2 Å². The van der Waals surface area contributed by atoms with Crippen LogP contribution < -0.4 is 11.1 Å². The van der Waals surface area contributed by atoms with Crippen LogP contribution in [0.1, 0.15) is 18.3 Å². The largest absolute Gasteiger partial charge is 0.383 e. The topological polar surface area (TPSA) is 76.7 Å². The van der Waals surface area contributed by atoms with E-state index in [0.717, 1.165) is 22.7 Å². The molecular weight excluding hydrogens is 250 g/mol. The zero-order valence-corrected chi connectivity index (χ0v) is 11.6. The van der Waals surface area contributed by atoms with Crippen molar-refractivity contribution in [3.05, 3.63) is 35.7 Å². The van der Waals surface area contributed by atoms with E-state index < -0.39 is 0 Å². The van der Waals surface area contributed by atoms with E-state index in [4.69, 9.17) is 10.7 Å². The number of nitrogens with one attached hydrogen (secondary N) is 1. The van der Waals surface area contributed by atoms with Gasteiger partial charge in [0.05, 0.1) is 17.4 Å². The molecule has 0 bridgehead atoms. The number of nitrogens with zero attached hydrogens (tertiary/aromatic N) is 3. The number of hydrogen-bond donors (Lipinski definition) is 2. The van der Waals surface area contributed by atoms with Gasteiger partial charge in [-0.05, 0) is 25.1 Å².